The zero-order chi connectivity index (χ0) is 13.4. The van der Waals surface area contributed by atoms with Gasteiger partial charge in [0.2, 0.25) is 5.91 Å². The number of hydrogen-bond acceptors (Lipinski definition) is 5. The van der Waals surface area contributed by atoms with Crippen molar-refractivity contribution in [3.05, 3.63) is 0 Å². The Kier molecular flexibility index (Phi) is 3.91. The van der Waals surface area contributed by atoms with Crippen LogP contribution in [0.4, 0.5) is 0 Å². The summed E-state index contributed by atoms with van der Waals surface area (Å²) in [5, 5.41) is 38.5. The molecular formula is C12H21NO5. The molecule has 6 nitrogen and oxygen atoms in total. The van der Waals surface area contributed by atoms with Gasteiger partial charge in [-0.05, 0) is 6.42 Å². The minimum Gasteiger partial charge on any atom is -0.396 e. The summed E-state index contributed by atoms with van der Waals surface area (Å²) >= 11 is 0. The highest BCUT2D eigenvalue weighted by Gasteiger charge is 2.65. The Morgan fingerprint density at radius 1 is 1.11 bits per heavy atom. The number of rotatable bonds is 4. The van der Waals surface area contributed by atoms with Crippen LogP contribution in [0.2, 0.25) is 0 Å². The molecule has 0 aromatic carbocycles. The van der Waals surface area contributed by atoms with Gasteiger partial charge in [0.15, 0.2) is 0 Å². The van der Waals surface area contributed by atoms with Crippen molar-refractivity contribution in [2.24, 2.45) is 5.92 Å². The molecule has 1 saturated carbocycles. The third-order valence-corrected chi connectivity index (χ3v) is 4.07. The monoisotopic (exact) mass is 259 g/mol. The predicted octanol–water partition coefficient (Wildman–Crippen LogP) is -1.54. The number of carbonyl (C=O) groups excluding carboxylic acids is 1. The number of carbonyl (C=O) groups is 1. The average molecular weight is 259 g/mol. The molecule has 104 valence electrons. The molecule has 0 unspecified atom stereocenters. The van der Waals surface area contributed by atoms with E-state index in [9.17, 15) is 25.2 Å². The van der Waals surface area contributed by atoms with Crippen molar-refractivity contribution in [2.45, 2.75) is 56.6 Å². The lowest BCUT2D eigenvalue weighted by Gasteiger charge is -2.31. The minimum atomic E-state index is -1.30. The highest BCUT2D eigenvalue weighted by Crippen LogP contribution is 2.44. The Balaban J connectivity index is 2.07. The van der Waals surface area contributed by atoms with E-state index >= 15 is 0 Å². The van der Waals surface area contributed by atoms with Gasteiger partial charge in [-0.3, -0.25) is 4.79 Å². The lowest BCUT2D eigenvalue weighted by atomic mass is 9.83. The van der Waals surface area contributed by atoms with Crippen molar-refractivity contribution in [1.29, 1.82) is 0 Å². The second-order valence-corrected chi connectivity index (χ2v) is 5.20. The summed E-state index contributed by atoms with van der Waals surface area (Å²) in [6.07, 6.45) is -1.52. The number of amides is 1. The number of aliphatic hydroxyl groups is 4. The Morgan fingerprint density at radius 2 is 1.78 bits per heavy atom. The molecule has 6 atom stereocenters. The molecule has 18 heavy (non-hydrogen) atoms. The molecule has 2 aliphatic rings. The normalized spacial score (nSPS) is 42.6. The first-order valence-corrected chi connectivity index (χ1v) is 6.50. The lowest BCUT2D eigenvalue weighted by Crippen LogP contribution is -2.52. The van der Waals surface area contributed by atoms with Crippen LogP contribution in [0.1, 0.15) is 26.2 Å². The first kappa shape index (κ1) is 13.7. The van der Waals surface area contributed by atoms with E-state index in [2.05, 4.69) is 0 Å². The van der Waals surface area contributed by atoms with Crippen LogP contribution in [0.25, 0.3) is 0 Å². The third kappa shape index (κ3) is 2.03. The van der Waals surface area contributed by atoms with Crippen LogP contribution in [0.15, 0.2) is 0 Å². The molecule has 0 aromatic heterocycles. The van der Waals surface area contributed by atoms with Crippen molar-refractivity contribution in [2.75, 3.05) is 6.61 Å². The molecule has 0 radical (unpaired) electrons. The SMILES string of the molecule is CCCCC(=O)N1[C@@H]2[C@H](CO)[C@@H](O)[C@H](O)[C@@H](O)[C@@H]21. The summed E-state index contributed by atoms with van der Waals surface area (Å²) in [5.74, 6) is -0.648. The lowest BCUT2D eigenvalue weighted by molar-refractivity contribution is -0.127. The summed E-state index contributed by atoms with van der Waals surface area (Å²) in [5.41, 5.74) is 0. The van der Waals surface area contributed by atoms with Gasteiger partial charge in [-0.25, -0.2) is 0 Å². The van der Waals surface area contributed by atoms with Gasteiger partial charge < -0.3 is 25.3 Å². The van der Waals surface area contributed by atoms with E-state index in [1.165, 1.54) is 4.90 Å². The van der Waals surface area contributed by atoms with Crippen LogP contribution < -0.4 is 0 Å². The van der Waals surface area contributed by atoms with Crippen LogP contribution in [-0.4, -0.2) is 68.2 Å². The van der Waals surface area contributed by atoms with Crippen molar-refractivity contribution in [1.82, 2.24) is 4.90 Å². The smallest absolute Gasteiger partial charge is 0.223 e. The zero-order valence-corrected chi connectivity index (χ0v) is 10.4. The van der Waals surface area contributed by atoms with Gasteiger partial charge in [-0.2, -0.15) is 0 Å². The largest absolute Gasteiger partial charge is 0.396 e. The Hall–Kier alpha value is -0.690. The summed E-state index contributed by atoms with van der Waals surface area (Å²) in [6, 6.07) is -0.794. The van der Waals surface area contributed by atoms with E-state index in [0.717, 1.165) is 12.8 Å². The molecule has 2 rings (SSSR count). The van der Waals surface area contributed by atoms with Gasteiger partial charge in [-0.1, -0.05) is 13.3 Å². The third-order valence-electron chi connectivity index (χ3n) is 4.07. The Morgan fingerprint density at radius 3 is 2.33 bits per heavy atom. The molecule has 0 aromatic rings. The van der Waals surface area contributed by atoms with Gasteiger partial charge >= 0.3 is 0 Å². The molecule has 0 bridgehead atoms. The highest BCUT2D eigenvalue weighted by atomic mass is 16.4. The summed E-state index contributed by atoms with van der Waals surface area (Å²) in [4.78, 5) is 13.4. The molecular weight excluding hydrogens is 238 g/mol. The van der Waals surface area contributed by atoms with E-state index in [1.54, 1.807) is 0 Å². The average Bonchev–Trinajstić information content (AvgIpc) is 3.09. The highest BCUT2D eigenvalue weighted by molar-refractivity contribution is 5.80. The van der Waals surface area contributed by atoms with E-state index in [-0.39, 0.29) is 18.6 Å². The van der Waals surface area contributed by atoms with Gasteiger partial charge in [0.1, 0.15) is 12.2 Å². The first-order chi connectivity index (χ1) is 8.54. The van der Waals surface area contributed by atoms with Crippen LogP contribution in [-0.2, 0) is 4.79 Å². The predicted molar refractivity (Wildman–Crippen MR) is 62.5 cm³/mol. The zero-order valence-electron chi connectivity index (χ0n) is 10.4. The van der Waals surface area contributed by atoms with E-state index in [0.29, 0.717) is 6.42 Å². The molecule has 0 spiro atoms. The summed E-state index contributed by atoms with van der Waals surface area (Å²) in [6.45, 7) is 1.69. The Bertz CT molecular complexity index is 324. The van der Waals surface area contributed by atoms with Gasteiger partial charge in [0, 0.05) is 12.3 Å². The number of likely N-dealkylation sites (tertiary alicyclic amines) is 1. The number of hydrogen-bond donors (Lipinski definition) is 4. The maximum Gasteiger partial charge on any atom is 0.223 e. The second-order valence-electron chi connectivity index (χ2n) is 5.20. The molecule has 1 aliphatic carbocycles. The molecule has 1 saturated heterocycles. The van der Waals surface area contributed by atoms with Crippen LogP contribution >= 0.6 is 0 Å². The molecule has 2 fully saturated rings. The van der Waals surface area contributed by atoms with Crippen LogP contribution in [0.5, 0.6) is 0 Å². The molecule has 6 heteroatoms. The Labute approximate surface area is 106 Å². The standard InChI is InChI=1S/C12H21NO5/c1-2-3-4-7(15)13-8-6(5-14)10(16)12(18)11(17)9(8)13/h6,8-12,14,16-18H,2-5H2,1H3/t6-,8+,9+,10+,11-,12-,13?/m0/s1. The topological polar surface area (TPSA) is 101 Å². The van der Waals surface area contributed by atoms with Crippen molar-refractivity contribution < 1.29 is 25.2 Å². The quantitative estimate of drug-likeness (QED) is 0.458. The maximum atomic E-state index is 11.9. The van der Waals surface area contributed by atoms with E-state index in [1.807, 2.05) is 6.92 Å². The number of unbranched alkanes of at least 4 members (excludes halogenated alkanes) is 1. The fourth-order valence-electron chi connectivity index (χ4n) is 2.96. The van der Waals surface area contributed by atoms with E-state index in [4.69, 9.17) is 0 Å². The second kappa shape index (κ2) is 5.13. The summed E-state index contributed by atoms with van der Waals surface area (Å²) < 4.78 is 0. The fourth-order valence-corrected chi connectivity index (χ4v) is 2.96. The molecule has 1 heterocycles. The van der Waals surface area contributed by atoms with Gasteiger partial charge in [-0.15, -0.1) is 0 Å². The van der Waals surface area contributed by atoms with Crippen LogP contribution in [0, 0.1) is 5.92 Å². The molecule has 1 amide bonds. The van der Waals surface area contributed by atoms with E-state index < -0.39 is 30.3 Å². The van der Waals surface area contributed by atoms with Crippen molar-refractivity contribution in [3.63, 3.8) is 0 Å². The number of nitrogens with zero attached hydrogens (tertiary/aromatic N) is 1. The molecule has 1 aliphatic heterocycles. The summed E-state index contributed by atoms with van der Waals surface area (Å²) in [7, 11) is 0. The van der Waals surface area contributed by atoms with Crippen LogP contribution in [0.3, 0.4) is 0 Å². The fraction of sp³-hybridized carbons (Fsp3) is 0.917. The van der Waals surface area contributed by atoms with Crippen molar-refractivity contribution >= 4 is 5.91 Å². The van der Waals surface area contributed by atoms with Gasteiger partial charge in [0.25, 0.3) is 0 Å². The first-order valence-electron chi connectivity index (χ1n) is 6.50. The maximum absolute atomic E-state index is 11.9. The number of aliphatic hydroxyl groups excluding tert-OH is 4. The van der Waals surface area contributed by atoms with Crippen molar-refractivity contribution in [3.8, 4) is 0 Å². The molecule has 4 N–H and O–H groups in total. The minimum absolute atomic E-state index is 0.0781. The van der Waals surface area contributed by atoms with Gasteiger partial charge in [0.05, 0.1) is 24.8 Å². The number of fused-ring (bicyclic) bond motifs is 1.